The lowest BCUT2D eigenvalue weighted by molar-refractivity contribution is -0.381. The van der Waals surface area contributed by atoms with Crippen molar-refractivity contribution in [3.63, 3.8) is 0 Å². The number of fused-ring (bicyclic) bond motifs is 5. The number of hydrogen-bond acceptors (Lipinski definition) is 21. The summed E-state index contributed by atoms with van der Waals surface area (Å²) in [6.45, 7) is 15.9. The van der Waals surface area contributed by atoms with E-state index < -0.39 is 156 Å². The van der Waals surface area contributed by atoms with E-state index >= 15 is 0 Å². The number of allylic oxidation sites excluding steroid dienone is 3. The molecule has 9 N–H and O–H groups in total. The molecule has 0 radical (unpaired) electrons. The van der Waals surface area contributed by atoms with Crippen LogP contribution >= 0.6 is 0 Å². The van der Waals surface area contributed by atoms with Gasteiger partial charge in [0.2, 0.25) is 0 Å². The van der Waals surface area contributed by atoms with Crippen molar-refractivity contribution in [2.75, 3.05) is 19.8 Å². The molecule has 4 aliphatic heterocycles. The van der Waals surface area contributed by atoms with Gasteiger partial charge in [-0.25, -0.2) is 4.18 Å². The average Bonchev–Trinajstić information content (AvgIpc) is 3.73. The molecule has 8 aliphatic rings. The number of rotatable bonds is 16. The van der Waals surface area contributed by atoms with E-state index in [9.17, 15) is 63.4 Å². The van der Waals surface area contributed by atoms with Crippen LogP contribution in [0, 0.1) is 39.4 Å². The molecule has 23 heteroatoms. The molecule has 72 heavy (non-hydrogen) atoms. The Hall–Kier alpha value is -2.27. The summed E-state index contributed by atoms with van der Waals surface area (Å²) in [7, 11) is -5.31. The standard InChI is InChI=1S/C49H76O22S/c1-22(2)10-9-15-48(8,70-23(3)52)40-26-18-47(7)25-11-12-30-45(4,5)31(14-16-46(30,6)24(25)13-17-49(40,47)44(59)67-26)68-42-38(69-41-37(58)35(56)32(53)27(19-50)64-41)34(55)29(21-63-42)66-43-39(71-72(60,61)62)36(57)33(54)28(20-51)65-43/h11,24,26-43,50-51,53-58H,1,9-10,12-21H2,2-8H3,(H,60,61,62). The Bertz CT molecular complexity index is 2170. The van der Waals surface area contributed by atoms with Gasteiger partial charge >= 0.3 is 22.3 Å². The van der Waals surface area contributed by atoms with E-state index in [-0.39, 0.29) is 29.1 Å². The fourth-order valence-corrected chi connectivity index (χ4v) is 15.4. The van der Waals surface area contributed by atoms with Crippen molar-refractivity contribution in [2.24, 2.45) is 39.4 Å². The first kappa shape index (κ1) is 55.9. The number of carbonyl (C=O) groups excluding carboxylic acids is 2. The molecule has 2 bridgehead atoms. The van der Waals surface area contributed by atoms with Crippen LogP contribution in [0.4, 0.5) is 0 Å². The number of carbonyl (C=O) groups is 2. The smallest absolute Gasteiger partial charge is 0.397 e. The average molecular weight is 1050 g/mol. The second kappa shape index (κ2) is 20.3. The van der Waals surface area contributed by atoms with Crippen LogP contribution in [0.15, 0.2) is 23.8 Å². The molecule has 3 saturated carbocycles. The van der Waals surface area contributed by atoms with Crippen LogP contribution in [0.2, 0.25) is 0 Å². The highest BCUT2D eigenvalue weighted by molar-refractivity contribution is 7.80. The molecule has 23 atom stereocenters. The number of hydrogen-bond donors (Lipinski definition) is 9. The number of ether oxygens (including phenoxy) is 8. The van der Waals surface area contributed by atoms with E-state index in [1.54, 1.807) is 0 Å². The van der Waals surface area contributed by atoms with Crippen LogP contribution in [0.25, 0.3) is 0 Å². The van der Waals surface area contributed by atoms with Crippen molar-refractivity contribution in [1.82, 2.24) is 0 Å². The maximum Gasteiger partial charge on any atom is 0.397 e. The van der Waals surface area contributed by atoms with Crippen LogP contribution < -0.4 is 0 Å². The second-order valence-electron chi connectivity index (χ2n) is 23.0. The van der Waals surface area contributed by atoms with Crippen LogP contribution in [-0.2, 0) is 62.1 Å². The maximum absolute atomic E-state index is 14.4. The number of aliphatic hydroxyl groups excluding tert-OH is 8. The summed E-state index contributed by atoms with van der Waals surface area (Å²) in [5.41, 5.74) is -1.07. The normalized spacial score (nSPS) is 47.5. The van der Waals surface area contributed by atoms with Gasteiger partial charge in [0.25, 0.3) is 0 Å². The SMILES string of the molecule is C=C(C)CCCC(C)(OC(C)=O)C1C2CC3(C)C4=CCC5C(C)(C)C(OC6OCC(OC7OC(CO)C(O)C(O)C7OS(=O)(=O)O)C(O)C6OC6OC(CO)C(O)C(O)C6O)CCC5(C)C4CCC13C(=O)O2. The van der Waals surface area contributed by atoms with Crippen LogP contribution in [0.3, 0.4) is 0 Å². The highest BCUT2D eigenvalue weighted by Gasteiger charge is 2.79. The quantitative estimate of drug-likeness (QED) is 0.0576. The molecule has 4 heterocycles. The van der Waals surface area contributed by atoms with Gasteiger partial charge in [0.15, 0.2) is 25.0 Å². The van der Waals surface area contributed by atoms with E-state index in [1.165, 1.54) is 12.5 Å². The summed E-state index contributed by atoms with van der Waals surface area (Å²) in [5.74, 6) is -0.910. The first-order chi connectivity index (χ1) is 33.6. The number of aliphatic hydroxyl groups is 8. The zero-order chi connectivity index (χ0) is 52.8. The topological polar surface area (TPSA) is 333 Å². The molecule has 410 valence electrons. The zero-order valence-corrected chi connectivity index (χ0v) is 42.8. The minimum absolute atomic E-state index is 0.00351. The van der Waals surface area contributed by atoms with E-state index in [0.717, 1.165) is 18.4 Å². The minimum atomic E-state index is -5.31. The molecule has 4 aliphatic carbocycles. The Morgan fingerprint density at radius 3 is 2.12 bits per heavy atom. The second-order valence-corrected chi connectivity index (χ2v) is 24.1. The van der Waals surface area contributed by atoms with Crippen LogP contribution in [0.5, 0.6) is 0 Å². The lowest BCUT2D eigenvalue weighted by atomic mass is 9.40. The summed E-state index contributed by atoms with van der Waals surface area (Å²) in [4.78, 5) is 27.1. The molecule has 7 fully saturated rings. The van der Waals surface area contributed by atoms with Crippen molar-refractivity contribution in [3.05, 3.63) is 23.8 Å². The molecule has 0 aromatic carbocycles. The minimum Gasteiger partial charge on any atom is -0.461 e. The van der Waals surface area contributed by atoms with Gasteiger partial charge in [-0.3, -0.25) is 14.1 Å². The molecular weight excluding hydrogens is 973 g/mol. The molecule has 22 nitrogen and oxygen atoms in total. The Morgan fingerprint density at radius 1 is 0.847 bits per heavy atom. The van der Waals surface area contributed by atoms with Gasteiger partial charge in [-0.2, -0.15) is 8.42 Å². The van der Waals surface area contributed by atoms with Crippen molar-refractivity contribution in [2.45, 2.75) is 210 Å². The van der Waals surface area contributed by atoms with E-state index in [0.29, 0.717) is 44.9 Å². The highest BCUT2D eigenvalue weighted by Crippen LogP contribution is 2.77. The summed E-state index contributed by atoms with van der Waals surface area (Å²) in [6.07, 6.45) is -18.0. The first-order valence-corrected chi connectivity index (χ1v) is 26.5. The third-order valence-corrected chi connectivity index (χ3v) is 18.8. The van der Waals surface area contributed by atoms with E-state index in [2.05, 4.69) is 44.5 Å². The Balaban J connectivity index is 1.06. The van der Waals surface area contributed by atoms with Gasteiger partial charge < -0.3 is 78.7 Å². The van der Waals surface area contributed by atoms with Crippen molar-refractivity contribution < 1.29 is 105 Å². The summed E-state index contributed by atoms with van der Waals surface area (Å²) < 4.78 is 86.5. The predicted octanol–water partition coefficient (Wildman–Crippen LogP) is 0.475. The zero-order valence-electron chi connectivity index (χ0n) is 42.0. The fraction of sp³-hybridized carbons (Fsp3) is 0.878. The van der Waals surface area contributed by atoms with Gasteiger partial charge in [-0.05, 0) is 94.3 Å². The molecule has 1 spiro atoms. The number of esters is 2. The van der Waals surface area contributed by atoms with Crippen LogP contribution in [0.1, 0.15) is 106 Å². The first-order valence-electron chi connectivity index (χ1n) is 25.2. The lowest BCUT2D eigenvalue weighted by Crippen LogP contribution is -2.66. The molecule has 0 amide bonds. The summed E-state index contributed by atoms with van der Waals surface area (Å²) >= 11 is 0. The third-order valence-electron chi connectivity index (χ3n) is 18.3. The molecule has 8 rings (SSSR count). The van der Waals surface area contributed by atoms with Gasteiger partial charge in [-0.1, -0.05) is 44.9 Å². The predicted molar refractivity (Wildman–Crippen MR) is 246 cm³/mol. The monoisotopic (exact) mass is 1050 g/mol. The Labute approximate surface area is 419 Å². The van der Waals surface area contributed by atoms with E-state index in [4.69, 9.17) is 37.9 Å². The third kappa shape index (κ3) is 9.44. The van der Waals surface area contributed by atoms with Gasteiger partial charge in [-0.15, -0.1) is 6.58 Å². The molecule has 4 saturated heterocycles. The van der Waals surface area contributed by atoms with Crippen molar-refractivity contribution in [1.29, 1.82) is 0 Å². The molecular formula is C49H76O22S. The molecule has 0 aromatic heterocycles. The van der Waals surface area contributed by atoms with Gasteiger partial charge in [0.05, 0.1) is 37.3 Å². The largest absolute Gasteiger partial charge is 0.461 e. The van der Waals surface area contributed by atoms with Crippen molar-refractivity contribution >= 4 is 22.3 Å². The maximum atomic E-state index is 14.4. The summed E-state index contributed by atoms with van der Waals surface area (Å²) in [6, 6.07) is 0. The lowest BCUT2D eigenvalue weighted by Gasteiger charge is -2.64. The van der Waals surface area contributed by atoms with Crippen molar-refractivity contribution in [3.8, 4) is 0 Å². The molecule has 23 unspecified atom stereocenters. The highest BCUT2D eigenvalue weighted by atomic mass is 32.3. The van der Waals surface area contributed by atoms with Gasteiger partial charge in [0.1, 0.15) is 72.7 Å². The Kier molecular flexibility index (Phi) is 15.7. The molecule has 0 aromatic rings. The fourth-order valence-electron chi connectivity index (χ4n) is 15.0. The van der Waals surface area contributed by atoms with E-state index in [1.807, 2.05) is 13.8 Å². The Morgan fingerprint density at radius 2 is 1.50 bits per heavy atom. The van der Waals surface area contributed by atoms with Gasteiger partial charge in [0, 0.05) is 12.3 Å². The summed E-state index contributed by atoms with van der Waals surface area (Å²) in [5, 5.41) is 85.4. The van der Waals surface area contributed by atoms with Crippen LogP contribution in [-0.4, -0.2) is 189 Å².